The van der Waals surface area contributed by atoms with Crippen molar-refractivity contribution in [3.8, 4) is 0 Å². The second-order valence-corrected chi connectivity index (χ2v) is 4.31. The minimum atomic E-state index is 0.654. The molecule has 1 aromatic carbocycles. The lowest BCUT2D eigenvalue weighted by molar-refractivity contribution is 0.641. The Bertz CT molecular complexity index is 300. The first-order chi connectivity index (χ1) is 7.25. The van der Waals surface area contributed by atoms with E-state index in [1.54, 1.807) is 0 Å². The highest BCUT2D eigenvalue weighted by Gasteiger charge is 2.03. The van der Waals surface area contributed by atoms with E-state index in [9.17, 15) is 0 Å². The van der Waals surface area contributed by atoms with Crippen molar-refractivity contribution in [2.45, 2.75) is 26.2 Å². The van der Waals surface area contributed by atoms with Crippen molar-refractivity contribution in [1.29, 1.82) is 0 Å². The van der Waals surface area contributed by atoms with Crippen molar-refractivity contribution in [2.24, 2.45) is 0 Å². The van der Waals surface area contributed by atoms with Crippen LogP contribution in [-0.2, 0) is 6.42 Å². The molecular formula is C12H17Cl2N. The van der Waals surface area contributed by atoms with Gasteiger partial charge in [-0.2, -0.15) is 0 Å². The highest BCUT2D eigenvalue weighted by Crippen LogP contribution is 2.26. The van der Waals surface area contributed by atoms with Crippen molar-refractivity contribution in [2.75, 3.05) is 13.1 Å². The molecule has 3 heteroatoms. The minimum absolute atomic E-state index is 0.654. The number of hydrogen-bond acceptors (Lipinski definition) is 1. The van der Waals surface area contributed by atoms with Crippen molar-refractivity contribution < 1.29 is 0 Å². The monoisotopic (exact) mass is 245 g/mol. The molecule has 0 aliphatic carbocycles. The Hall–Kier alpha value is -0.240. The van der Waals surface area contributed by atoms with Crippen LogP contribution in [0.1, 0.15) is 25.3 Å². The van der Waals surface area contributed by atoms with Gasteiger partial charge in [0.05, 0.1) is 10.0 Å². The Labute approximate surface area is 102 Å². The highest BCUT2D eigenvalue weighted by molar-refractivity contribution is 6.42. The first kappa shape index (κ1) is 12.8. The van der Waals surface area contributed by atoms with E-state index in [0.29, 0.717) is 10.0 Å². The van der Waals surface area contributed by atoms with Gasteiger partial charge in [-0.3, -0.25) is 0 Å². The molecule has 15 heavy (non-hydrogen) atoms. The quantitative estimate of drug-likeness (QED) is 0.750. The molecule has 0 unspecified atom stereocenters. The van der Waals surface area contributed by atoms with Crippen LogP contribution in [0.5, 0.6) is 0 Å². The van der Waals surface area contributed by atoms with E-state index < -0.39 is 0 Å². The van der Waals surface area contributed by atoms with E-state index >= 15 is 0 Å². The summed E-state index contributed by atoms with van der Waals surface area (Å²) in [5.41, 5.74) is 1.15. The molecule has 0 amide bonds. The summed E-state index contributed by atoms with van der Waals surface area (Å²) in [5.74, 6) is 0. The maximum Gasteiger partial charge on any atom is 0.0624 e. The predicted octanol–water partition coefficient (Wildman–Crippen LogP) is 3.93. The second kappa shape index (κ2) is 7.10. The predicted molar refractivity (Wildman–Crippen MR) is 67.9 cm³/mol. The second-order valence-electron chi connectivity index (χ2n) is 3.52. The summed E-state index contributed by atoms with van der Waals surface area (Å²) in [4.78, 5) is 0. The van der Waals surface area contributed by atoms with Gasteiger partial charge in [0, 0.05) is 0 Å². The lowest BCUT2D eigenvalue weighted by Crippen LogP contribution is -2.13. The summed E-state index contributed by atoms with van der Waals surface area (Å²) in [5, 5.41) is 4.67. The highest BCUT2D eigenvalue weighted by atomic mass is 35.5. The van der Waals surface area contributed by atoms with Gasteiger partial charge in [-0.25, -0.2) is 0 Å². The van der Waals surface area contributed by atoms with Gasteiger partial charge in [0.1, 0.15) is 0 Å². The molecule has 0 fully saturated rings. The Morgan fingerprint density at radius 1 is 1.20 bits per heavy atom. The van der Waals surface area contributed by atoms with Gasteiger partial charge in [-0.05, 0) is 44.0 Å². The maximum absolute atomic E-state index is 6.09. The van der Waals surface area contributed by atoms with Gasteiger partial charge in [0.2, 0.25) is 0 Å². The topological polar surface area (TPSA) is 12.0 Å². The molecule has 1 nitrogen and oxygen atoms in total. The van der Waals surface area contributed by atoms with Crippen LogP contribution in [0.2, 0.25) is 10.0 Å². The van der Waals surface area contributed by atoms with E-state index in [-0.39, 0.29) is 0 Å². The van der Waals surface area contributed by atoms with Crippen LogP contribution in [0.25, 0.3) is 0 Å². The average Bonchev–Trinajstić information content (AvgIpc) is 2.24. The molecular weight excluding hydrogens is 229 g/mol. The normalized spacial score (nSPS) is 10.6. The van der Waals surface area contributed by atoms with Crippen LogP contribution in [0.4, 0.5) is 0 Å². The van der Waals surface area contributed by atoms with Crippen molar-refractivity contribution in [3.63, 3.8) is 0 Å². The average molecular weight is 246 g/mol. The molecule has 0 aliphatic rings. The van der Waals surface area contributed by atoms with Crippen LogP contribution in [0.15, 0.2) is 18.2 Å². The Kier molecular flexibility index (Phi) is 6.07. The number of aryl methyl sites for hydroxylation is 1. The molecule has 0 spiro atoms. The van der Waals surface area contributed by atoms with Crippen molar-refractivity contribution in [1.82, 2.24) is 5.32 Å². The first-order valence-electron chi connectivity index (χ1n) is 5.39. The zero-order valence-corrected chi connectivity index (χ0v) is 10.5. The van der Waals surface area contributed by atoms with Gasteiger partial charge >= 0.3 is 0 Å². The van der Waals surface area contributed by atoms with Gasteiger partial charge in [0.15, 0.2) is 0 Å². The Balaban J connectivity index is 2.34. The van der Waals surface area contributed by atoms with E-state index in [0.717, 1.165) is 31.5 Å². The zero-order chi connectivity index (χ0) is 11.1. The van der Waals surface area contributed by atoms with E-state index in [4.69, 9.17) is 23.2 Å². The summed E-state index contributed by atoms with van der Waals surface area (Å²) in [6.07, 6.45) is 3.33. The molecule has 1 aromatic rings. The largest absolute Gasteiger partial charge is 0.317 e. The first-order valence-corrected chi connectivity index (χ1v) is 6.15. The third kappa shape index (κ3) is 4.42. The molecule has 0 heterocycles. The van der Waals surface area contributed by atoms with Gasteiger partial charge in [-0.15, -0.1) is 0 Å². The van der Waals surface area contributed by atoms with E-state index in [1.807, 2.05) is 18.2 Å². The molecule has 0 bridgehead atoms. The number of unbranched alkanes of at least 4 members (excludes halogenated alkanes) is 1. The number of nitrogens with one attached hydrogen (secondary N) is 1. The summed E-state index contributed by atoms with van der Waals surface area (Å²) in [7, 11) is 0. The number of halogens is 2. The van der Waals surface area contributed by atoms with Gasteiger partial charge in [0.25, 0.3) is 0 Å². The molecule has 1 N–H and O–H groups in total. The van der Waals surface area contributed by atoms with Crippen LogP contribution in [-0.4, -0.2) is 13.1 Å². The number of benzene rings is 1. The molecule has 0 radical (unpaired) electrons. The summed E-state index contributed by atoms with van der Waals surface area (Å²) in [6.45, 7) is 4.24. The number of hydrogen-bond donors (Lipinski definition) is 1. The summed E-state index contributed by atoms with van der Waals surface area (Å²) in [6, 6.07) is 5.82. The maximum atomic E-state index is 6.09. The standard InChI is InChI=1S/C12H17Cl2N/c1-2-15-9-4-3-6-10-7-5-8-11(13)12(10)14/h5,7-8,15H,2-4,6,9H2,1H3. The number of rotatable bonds is 6. The zero-order valence-electron chi connectivity index (χ0n) is 9.02. The molecule has 0 aromatic heterocycles. The smallest absolute Gasteiger partial charge is 0.0624 e. The molecule has 1 rings (SSSR count). The third-order valence-corrected chi connectivity index (χ3v) is 3.19. The molecule has 0 atom stereocenters. The van der Waals surface area contributed by atoms with Crippen LogP contribution >= 0.6 is 23.2 Å². The molecule has 0 aliphatic heterocycles. The fourth-order valence-corrected chi connectivity index (χ4v) is 1.90. The lowest BCUT2D eigenvalue weighted by Gasteiger charge is -2.05. The van der Waals surface area contributed by atoms with Gasteiger partial charge in [-0.1, -0.05) is 42.3 Å². The van der Waals surface area contributed by atoms with Crippen molar-refractivity contribution in [3.05, 3.63) is 33.8 Å². The summed E-state index contributed by atoms with van der Waals surface area (Å²) >= 11 is 12.0. The molecule has 0 saturated carbocycles. The van der Waals surface area contributed by atoms with E-state index in [2.05, 4.69) is 12.2 Å². The molecule has 0 saturated heterocycles. The Morgan fingerprint density at radius 3 is 2.73 bits per heavy atom. The van der Waals surface area contributed by atoms with Crippen LogP contribution in [0.3, 0.4) is 0 Å². The SMILES string of the molecule is CCNCCCCc1cccc(Cl)c1Cl. The van der Waals surface area contributed by atoms with Crippen LogP contribution < -0.4 is 5.32 Å². The van der Waals surface area contributed by atoms with Crippen LogP contribution in [0, 0.1) is 0 Å². The lowest BCUT2D eigenvalue weighted by atomic mass is 10.1. The third-order valence-electron chi connectivity index (χ3n) is 2.33. The summed E-state index contributed by atoms with van der Waals surface area (Å²) < 4.78 is 0. The fourth-order valence-electron chi connectivity index (χ4n) is 1.48. The van der Waals surface area contributed by atoms with Gasteiger partial charge < -0.3 is 5.32 Å². The Morgan fingerprint density at radius 2 is 2.00 bits per heavy atom. The van der Waals surface area contributed by atoms with Crippen molar-refractivity contribution >= 4 is 23.2 Å². The fraction of sp³-hybridized carbons (Fsp3) is 0.500. The molecule has 84 valence electrons. The minimum Gasteiger partial charge on any atom is -0.317 e. The van der Waals surface area contributed by atoms with E-state index in [1.165, 1.54) is 6.42 Å².